The maximum absolute atomic E-state index is 11.3. The first-order chi connectivity index (χ1) is 8.39. The number of hydrogen-bond acceptors (Lipinski definition) is 3. The Balaban J connectivity index is 2.44. The Hall–Kier alpha value is -1.84. The largest absolute Gasteiger partial charge is 0.481 e. The summed E-state index contributed by atoms with van der Waals surface area (Å²) in [6.45, 7) is 3.57. The molecule has 0 unspecified atom stereocenters. The van der Waals surface area contributed by atoms with Crippen molar-refractivity contribution in [2.75, 3.05) is 0 Å². The lowest BCUT2D eigenvalue weighted by Gasteiger charge is -2.24. The van der Waals surface area contributed by atoms with Crippen LogP contribution < -0.4 is 0 Å². The number of benzene rings is 1. The van der Waals surface area contributed by atoms with Gasteiger partial charge in [0.25, 0.3) is 0 Å². The van der Waals surface area contributed by atoms with Crippen molar-refractivity contribution in [2.45, 2.75) is 38.7 Å². The van der Waals surface area contributed by atoms with E-state index >= 15 is 0 Å². The van der Waals surface area contributed by atoms with Crippen molar-refractivity contribution in [3.05, 3.63) is 35.9 Å². The van der Waals surface area contributed by atoms with Crippen LogP contribution >= 0.6 is 0 Å². The topological polar surface area (TPSA) is 63.6 Å². The molecule has 0 radical (unpaired) electrons. The van der Waals surface area contributed by atoms with Crippen LogP contribution in [0.5, 0.6) is 0 Å². The summed E-state index contributed by atoms with van der Waals surface area (Å²) >= 11 is 0. The van der Waals surface area contributed by atoms with E-state index in [4.69, 9.17) is 9.84 Å². The van der Waals surface area contributed by atoms with Crippen molar-refractivity contribution < 1.29 is 19.4 Å². The third kappa shape index (κ3) is 5.48. The normalized spacial score (nSPS) is 11.0. The van der Waals surface area contributed by atoms with E-state index in [0.29, 0.717) is 6.42 Å². The Morgan fingerprint density at radius 3 is 2.39 bits per heavy atom. The number of esters is 1. The lowest BCUT2D eigenvalue weighted by Crippen LogP contribution is -2.29. The fourth-order valence-corrected chi connectivity index (χ4v) is 1.61. The number of aliphatic carboxylic acids is 1. The molecule has 1 rings (SSSR count). The molecule has 0 spiro atoms. The summed E-state index contributed by atoms with van der Waals surface area (Å²) in [4.78, 5) is 21.7. The number of carboxylic acids is 1. The molecule has 4 nitrogen and oxygen atoms in total. The quantitative estimate of drug-likeness (QED) is 0.622. The van der Waals surface area contributed by atoms with Crippen molar-refractivity contribution in [3.63, 3.8) is 0 Å². The summed E-state index contributed by atoms with van der Waals surface area (Å²) < 4.78 is 5.15. The fourth-order valence-electron chi connectivity index (χ4n) is 1.61. The SMILES string of the molecule is CC(C)(CCc1ccccc1)OC(=O)CC(=O)O. The predicted octanol–water partition coefficient (Wildman–Crippen LogP) is 2.42. The predicted molar refractivity (Wildman–Crippen MR) is 67.2 cm³/mol. The average molecular weight is 250 g/mol. The van der Waals surface area contributed by atoms with E-state index < -0.39 is 24.0 Å². The molecule has 0 aliphatic rings. The van der Waals surface area contributed by atoms with Crippen LogP contribution in [0.3, 0.4) is 0 Å². The number of rotatable bonds is 6. The van der Waals surface area contributed by atoms with Gasteiger partial charge in [-0.15, -0.1) is 0 Å². The highest BCUT2D eigenvalue weighted by Crippen LogP contribution is 2.18. The maximum atomic E-state index is 11.3. The van der Waals surface area contributed by atoms with E-state index in [-0.39, 0.29) is 0 Å². The van der Waals surface area contributed by atoms with Gasteiger partial charge in [0, 0.05) is 0 Å². The molecule has 0 saturated heterocycles. The standard InChI is InChI=1S/C14H18O4/c1-14(2,18-13(17)10-12(15)16)9-8-11-6-4-3-5-7-11/h3-7H,8-10H2,1-2H3,(H,15,16). The molecule has 1 aromatic rings. The molecule has 0 amide bonds. The molecule has 1 aromatic carbocycles. The Bertz CT molecular complexity index is 409. The van der Waals surface area contributed by atoms with Crippen LogP contribution in [0.15, 0.2) is 30.3 Å². The zero-order valence-corrected chi connectivity index (χ0v) is 10.7. The van der Waals surface area contributed by atoms with Gasteiger partial charge in [0.15, 0.2) is 0 Å². The molecule has 0 aliphatic carbocycles. The summed E-state index contributed by atoms with van der Waals surface area (Å²) in [5.74, 6) is -1.86. The fraction of sp³-hybridized carbons (Fsp3) is 0.429. The molecule has 0 atom stereocenters. The number of hydrogen-bond donors (Lipinski definition) is 1. The van der Waals surface area contributed by atoms with Crippen LogP contribution in [0, 0.1) is 0 Å². The van der Waals surface area contributed by atoms with Gasteiger partial charge in [-0.1, -0.05) is 30.3 Å². The Morgan fingerprint density at radius 2 is 1.83 bits per heavy atom. The van der Waals surface area contributed by atoms with Crippen molar-refractivity contribution in [1.82, 2.24) is 0 Å². The molecule has 0 aliphatic heterocycles. The molecule has 0 saturated carbocycles. The van der Waals surface area contributed by atoms with E-state index in [1.807, 2.05) is 30.3 Å². The van der Waals surface area contributed by atoms with Crippen LogP contribution in [0.4, 0.5) is 0 Å². The first kappa shape index (κ1) is 14.2. The van der Waals surface area contributed by atoms with E-state index in [9.17, 15) is 9.59 Å². The number of carbonyl (C=O) groups is 2. The van der Waals surface area contributed by atoms with Crippen LogP contribution in [0.2, 0.25) is 0 Å². The molecule has 1 N–H and O–H groups in total. The van der Waals surface area contributed by atoms with Gasteiger partial charge in [-0.25, -0.2) is 0 Å². The van der Waals surface area contributed by atoms with Crippen LogP contribution in [0.1, 0.15) is 32.3 Å². The monoisotopic (exact) mass is 250 g/mol. The Morgan fingerprint density at radius 1 is 1.22 bits per heavy atom. The summed E-state index contributed by atoms with van der Waals surface area (Å²) in [6.07, 6.45) is 0.853. The number of carboxylic acid groups (broad SMARTS) is 1. The Labute approximate surface area is 107 Å². The average Bonchev–Trinajstić information content (AvgIpc) is 2.26. The van der Waals surface area contributed by atoms with Gasteiger partial charge in [-0.2, -0.15) is 0 Å². The van der Waals surface area contributed by atoms with Gasteiger partial charge in [-0.3, -0.25) is 9.59 Å². The van der Waals surface area contributed by atoms with Gasteiger partial charge >= 0.3 is 11.9 Å². The number of aryl methyl sites for hydroxylation is 1. The summed E-state index contributed by atoms with van der Waals surface area (Å²) in [5, 5.41) is 8.49. The van der Waals surface area contributed by atoms with Crippen LogP contribution in [-0.2, 0) is 20.7 Å². The van der Waals surface area contributed by atoms with E-state index in [1.54, 1.807) is 13.8 Å². The molecule has 98 valence electrons. The zero-order chi connectivity index (χ0) is 13.6. The second-order valence-electron chi connectivity index (χ2n) is 4.79. The Kier molecular flexibility index (Phi) is 4.89. The second kappa shape index (κ2) is 6.19. The molecule has 0 aromatic heterocycles. The zero-order valence-electron chi connectivity index (χ0n) is 10.7. The van der Waals surface area contributed by atoms with Crippen molar-refractivity contribution in [1.29, 1.82) is 0 Å². The van der Waals surface area contributed by atoms with E-state index in [0.717, 1.165) is 6.42 Å². The highest BCUT2D eigenvalue weighted by Gasteiger charge is 2.23. The second-order valence-corrected chi connectivity index (χ2v) is 4.79. The van der Waals surface area contributed by atoms with E-state index in [1.165, 1.54) is 5.56 Å². The van der Waals surface area contributed by atoms with E-state index in [2.05, 4.69) is 0 Å². The molecule has 0 heterocycles. The maximum Gasteiger partial charge on any atom is 0.317 e. The molecular weight excluding hydrogens is 232 g/mol. The molecule has 0 fully saturated rings. The van der Waals surface area contributed by atoms with Crippen LogP contribution in [-0.4, -0.2) is 22.6 Å². The lowest BCUT2D eigenvalue weighted by atomic mass is 9.98. The summed E-state index contributed by atoms with van der Waals surface area (Å²) in [5.41, 5.74) is 0.516. The molecule has 0 bridgehead atoms. The first-order valence-corrected chi connectivity index (χ1v) is 5.87. The smallest absolute Gasteiger partial charge is 0.317 e. The highest BCUT2D eigenvalue weighted by molar-refractivity contribution is 5.90. The van der Waals surface area contributed by atoms with Crippen molar-refractivity contribution in [2.24, 2.45) is 0 Å². The minimum atomic E-state index is -1.17. The summed E-state index contributed by atoms with van der Waals surface area (Å²) in [7, 11) is 0. The third-order valence-corrected chi connectivity index (χ3v) is 2.54. The van der Waals surface area contributed by atoms with Crippen LogP contribution in [0.25, 0.3) is 0 Å². The molecule has 18 heavy (non-hydrogen) atoms. The van der Waals surface area contributed by atoms with Crippen molar-refractivity contribution >= 4 is 11.9 Å². The number of carbonyl (C=O) groups excluding carboxylic acids is 1. The number of ether oxygens (including phenoxy) is 1. The molecule has 4 heteroatoms. The minimum absolute atomic E-state index is 0.589. The van der Waals surface area contributed by atoms with Gasteiger partial charge in [0.1, 0.15) is 12.0 Å². The third-order valence-electron chi connectivity index (χ3n) is 2.54. The highest BCUT2D eigenvalue weighted by atomic mass is 16.6. The minimum Gasteiger partial charge on any atom is -0.481 e. The van der Waals surface area contributed by atoms with Gasteiger partial charge in [-0.05, 0) is 32.3 Å². The van der Waals surface area contributed by atoms with Crippen molar-refractivity contribution in [3.8, 4) is 0 Å². The molecular formula is C14H18O4. The van der Waals surface area contributed by atoms with Gasteiger partial charge in [0.05, 0.1) is 0 Å². The lowest BCUT2D eigenvalue weighted by molar-refractivity contribution is -0.161. The first-order valence-electron chi connectivity index (χ1n) is 5.87. The summed E-state index contributed by atoms with van der Waals surface area (Å²) in [6, 6.07) is 9.88. The van der Waals surface area contributed by atoms with Gasteiger partial charge in [0.2, 0.25) is 0 Å². The van der Waals surface area contributed by atoms with Gasteiger partial charge < -0.3 is 9.84 Å².